The maximum Gasteiger partial charge on any atom is 0.320 e. The van der Waals surface area contributed by atoms with Crippen LogP contribution in [0.4, 0.5) is 11.6 Å². The average Bonchev–Trinajstić information content (AvgIpc) is 3.34. The summed E-state index contributed by atoms with van der Waals surface area (Å²) >= 11 is 0. The molecule has 2 fully saturated rings. The second-order valence-electron chi connectivity index (χ2n) is 7.88. The fourth-order valence-electron chi connectivity index (χ4n) is 3.94. The lowest BCUT2D eigenvalue weighted by molar-refractivity contribution is 0.0317. The Labute approximate surface area is 185 Å². The molecular formula is C20H28N8O4. The van der Waals surface area contributed by atoms with E-state index in [1.54, 1.807) is 0 Å². The highest BCUT2D eigenvalue weighted by Gasteiger charge is 2.22. The molecule has 5 rings (SSSR count). The van der Waals surface area contributed by atoms with Gasteiger partial charge in [0.25, 0.3) is 0 Å². The first-order valence-corrected chi connectivity index (χ1v) is 11.1. The van der Waals surface area contributed by atoms with Gasteiger partial charge in [0, 0.05) is 38.8 Å². The number of nitrogens with one attached hydrogen (secondary N) is 1. The number of hydrogen-bond donors (Lipinski definition) is 1. The van der Waals surface area contributed by atoms with Crippen LogP contribution in [0.3, 0.4) is 0 Å². The Hall–Kier alpha value is -2.83. The van der Waals surface area contributed by atoms with Crippen molar-refractivity contribution in [3.63, 3.8) is 0 Å². The summed E-state index contributed by atoms with van der Waals surface area (Å²) in [4.78, 5) is 13.6. The van der Waals surface area contributed by atoms with Crippen molar-refractivity contribution >= 4 is 17.3 Å². The van der Waals surface area contributed by atoms with Crippen molar-refractivity contribution in [1.29, 1.82) is 0 Å². The van der Waals surface area contributed by atoms with E-state index < -0.39 is 0 Å². The van der Waals surface area contributed by atoms with Gasteiger partial charge in [0.15, 0.2) is 11.5 Å². The molecule has 0 aromatic carbocycles. The van der Waals surface area contributed by atoms with E-state index in [9.17, 15) is 0 Å². The summed E-state index contributed by atoms with van der Waals surface area (Å²) in [5.74, 6) is 1.36. The summed E-state index contributed by atoms with van der Waals surface area (Å²) in [5, 5.41) is 12.5. The molecule has 2 saturated heterocycles. The molecule has 3 aliphatic rings. The third-order valence-electron chi connectivity index (χ3n) is 5.73. The first-order valence-electron chi connectivity index (χ1n) is 11.1. The number of hydrogen-bond acceptors (Lipinski definition) is 12. The Kier molecular flexibility index (Phi) is 6.70. The zero-order valence-electron chi connectivity index (χ0n) is 18.0. The number of ether oxygens (including phenoxy) is 3. The van der Waals surface area contributed by atoms with Gasteiger partial charge < -0.3 is 19.1 Å². The molecule has 0 amide bonds. The maximum atomic E-state index is 5.93. The molecule has 32 heavy (non-hydrogen) atoms. The topological polar surface area (TPSA) is 123 Å². The largest absolute Gasteiger partial charge is 0.462 e. The highest BCUT2D eigenvalue weighted by molar-refractivity contribution is 6.00. The predicted molar refractivity (Wildman–Crippen MR) is 115 cm³/mol. The molecule has 0 unspecified atom stereocenters. The lowest BCUT2D eigenvalue weighted by atomic mass is 9.99. The molecule has 2 aliphatic heterocycles. The monoisotopic (exact) mass is 444 g/mol. The Morgan fingerprint density at radius 2 is 1.81 bits per heavy atom. The fraction of sp³-hybridized carbons (Fsp3) is 0.650. The van der Waals surface area contributed by atoms with Gasteiger partial charge in [-0.2, -0.15) is 15.1 Å². The van der Waals surface area contributed by atoms with Crippen LogP contribution in [0.2, 0.25) is 0 Å². The van der Waals surface area contributed by atoms with Crippen molar-refractivity contribution in [3.8, 4) is 6.01 Å². The van der Waals surface area contributed by atoms with E-state index in [4.69, 9.17) is 18.8 Å². The SMILES string of the molecule is c1c(NN=C2CCCc3nonc32)nc(OCCN2CCOCC2)nc1N1CCOCC1. The van der Waals surface area contributed by atoms with Gasteiger partial charge in [-0.05, 0) is 24.4 Å². The maximum absolute atomic E-state index is 5.93. The number of aryl methyl sites for hydroxylation is 1. The molecule has 0 saturated carbocycles. The van der Waals surface area contributed by atoms with Gasteiger partial charge in [-0.15, -0.1) is 0 Å². The van der Waals surface area contributed by atoms with Crippen LogP contribution in [0.5, 0.6) is 6.01 Å². The molecular weight excluding hydrogens is 416 g/mol. The number of fused-ring (bicyclic) bond motifs is 1. The second-order valence-corrected chi connectivity index (χ2v) is 7.88. The minimum atomic E-state index is 0.331. The number of morpholine rings is 2. The van der Waals surface area contributed by atoms with Gasteiger partial charge in [-0.1, -0.05) is 5.16 Å². The Balaban J connectivity index is 1.30. The van der Waals surface area contributed by atoms with Crippen molar-refractivity contribution in [1.82, 2.24) is 25.2 Å². The summed E-state index contributed by atoms with van der Waals surface area (Å²) in [6, 6.07) is 2.21. The molecule has 0 bridgehead atoms. The Morgan fingerprint density at radius 3 is 2.66 bits per heavy atom. The third kappa shape index (κ3) is 5.14. The standard InChI is InChI=1S/C20H28N8O4/c1-2-15(19-16(3-1)25-32-26-19)23-24-17-14-18(28-7-11-30-12-8-28)22-20(21-17)31-13-6-27-4-9-29-10-5-27/h14H,1-13H2,(H,21,22,24). The van der Waals surface area contributed by atoms with Crippen molar-refractivity contribution in [2.75, 3.05) is 76.1 Å². The van der Waals surface area contributed by atoms with Gasteiger partial charge in [-0.25, -0.2) is 4.63 Å². The van der Waals surface area contributed by atoms with Crippen LogP contribution >= 0.6 is 0 Å². The molecule has 0 atom stereocenters. The van der Waals surface area contributed by atoms with Gasteiger partial charge in [0.2, 0.25) is 0 Å². The van der Waals surface area contributed by atoms with Gasteiger partial charge in [0.05, 0.1) is 32.1 Å². The number of aromatic nitrogens is 4. The smallest absolute Gasteiger partial charge is 0.320 e. The van der Waals surface area contributed by atoms with Crippen LogP contribution in [-0.2, 0) is 15.9 Å². The highest BCUT2D eigenvalue weighted by atomic mass is 16.6. The minimum Gasteiger partial charge on any atom is -0.462 e. The molecule has 0 spiro atoms. The quantitative estimate of drug-likeness (QED) is 0.603. The number of anilines is 2. The first-order chi connectivity index (χ1) is 15.8. The minimum absolute atomic E-state index is 0.331. The first kappa shape index (κ1) is 21.0. The van der Waals surface area contributed by atoms with Crippen LogP contribution in [0, 0.1) is 0 Å². The van der Waals surface area contributed by atoms with Gasteiger partial charge >= 0.3 is 6.01 Å². The second kappa shape index (κ2) is 10.2. The highest BCUT2D eigenvalue weighted by Crippen LogP contribution is 2.22. The van der Waals surface area contributed by atoms with Crippen LogP contribution in [-0.4, -0.2) is 96.7 Å². The van der Waals surface area contributed by atoms with E-state index in [2.05, 4.69) is 40.6 Å². The number of rotatable bonds is 7. The number of nitrogens with zero attached hydrogens (tertiary/aromatic N) is 7. The molecule has 12 nitrogen and oxygen atoms in total. The molecule has 172 valence electrons. The molecule has 1 aliphatic carbocycles. The van der Waals surface area contributed by atoms with Gasteiger partial charge in [0.1, 0.15) is 18.1 Å². The van der Waals surface area contributed by atoms with E-state index in [-0.39, 0.29) is 0 Å². The van der Waals surface area contributed by atoms with Crippen molar-refractivity contribution < 1.29 is 18.8 Å². The Bertz CT molecular complexity index is 924. The third-order valence-corrected chi connectivity index (χ3v) is 5.73. The molecule has 12 heteroatoms. The van der Waals surface area contributed by atoms with E-state index >= 15 is 0 Å². The average molecular weight is 444 g/mol. The molecule has 2 aromatic rings. The molecule has 2 aromatic heterocycles. The van der Waals surface area contributed by atoms with E-state index in [0.717, 1.165) is 82.4 Å². The van der Waals surface area contributed by atoms with E-state index in [1.165, 1.54) is 0 Å². The molecule has 1 N–H and O–H groups in total. The lowest BCUT2D eigenvalue weighted by Gasteiger charge is -2.28. The lowest BCUT2D eigenvalue weighted by Crippen LogP contribution is -2.39. The Morgan fingerprint density at radius 1 is 1.00 bits per heavy atom. The number of hydrazone groups is 1. The summed E-state index contributed by atoms with van der Waals surface area (Å²) < 4.78 is 21.7. The summed E-state index contributed by atoms with van der Waals surface area (Å²) in [6.07, 6.45) is 2.62. The normalized spacial score (nSPS) is 20.9. The zero-order chi connectivity index (χ0) is 21.6. The van der Waals surface area contributed by atoms with Crippen LogP contribution in [0.15, 0.2) is 15.8 Å². The van der Waals surface area contributed by atoms with Crippen molar-refractivity contribution in [3.05, 3.63) is 17.5 Å². The van der Waals surface area contributed by atoms with Crippen LogP contribution in [0.1, 0.15) is 24.2 Å². The molecule has 0 radical (unpaired) electrons. The van der Waals surface area contributed by atoms with E-state index in [0.29, 0.717) is 37.3 Å². The van der Waals surface area contributed by atoms with Crippen LogP contribution < -0.4 is 15.1 Å². The van der Waals surface area contributed by atoms with E-state index in [1.807, 2.05) is 6.07 Å². The van der Waals surface area contributed by atoms with Crippen LogP contribution in [0.25, 0.3) is 0 Å². The summed E-state index contributed by atoms with van der Waals surface area (Å²) in [7, 11) is 0. The van der Waals surface area contributed by atoms with Crippen molar-refractivity contribution in [2.24, 2.45) is 5.10 Å². The van der Waals surface area contributed by atoms with Gasteiger partial charge in [-0.3, -0.25) is 10.3 Å². The summed E-state index contributed by atoms with van der Waals surface area (Å²) in [6.45, 7) is 7.56. The predicted octanol–water partition coefficient (Wildman–Crippen LogP) is 0.560. The zero-order valence-corrected chi connectivity index (χ0v) is 18.0. The molecule has 4 heterocycles. The fourth-order valence-corrected chi connectivity index (χ4v) is 3.94. The summed E-state index contributed by atoms with van der Waals surface area (Å²) in [5.41, 5.74) is 5.44. The van der Waals surface area contributed by atoms with Crippen molar-refractivity contribution in [2.45, 2.75) is 19.3 Å².